The second-order valence-corrected chi connectivity index (χ2v) is 4.61. The van der Waals surface area contributed by atoms with Crippen LogP contribution in [0.4, 0.5) is 0 Å². The number of hydrogen-bond donors (Lipinski definition) is 2. The minimum absolute atomic E-state index is 0.323. The van der Waals surface area contributed by atoms with Gasteiger partial charge in [-0.3, -0.25) is 10.1 Å². The van der Waals surface area contributed by atoms with Crippen LogP contribution in [-0.4, -0.2) is 28.2 Å². The summed E-state index contributed by atoms with van der Waals surface area (Å²) in [6, 6.07) is -0.323. The molecule has 0 radical (unpaired) electrons. The van der Waals surface area contributed by atoms with Gasteiger partial charge in [0, 0.05) is 5.75 Å². The van der Waals surface area contributed by atoms with Crippen LogP contribution in [0.5, 0.6) is 0 Å². The number of hydrogen-bond acceptors (Lipinski definition) is 3. The molecule has 1 heterocycles. The second kappa shape index (κ2) is 5.50. The van der Waals surface area contributed by atoms with Crippen molar-refractivity contribution >= 4 is 17.7 Å². The third kappa shape index (κ3) is 3.56. The van der Waals surface area contributed by atoms with Crippen LogP contribution in [0.2, 0.25) is 0 Å². The minimum Gasteiger partial charge on any atom is -0.480 e. The Morgan fingerprint density at radius 3 is 2.92 bits per heavy atom. The first kappa shape index (κ1) is 10.9. The predicted octanol–water partition coefficient (Wildman–Crippen LogP) is 1.68. The highest BCUT2D eigenvalue weighted by Gasteiger charge is 2.28. The lowest BCUT2D eigenvalue weighted by Gasteiger charge is -2.09. The molecule has 0 aromatic heterocycles. The van der Waals surface area contributed by atoms with E-state index in [0.29, 0.717) is 11.1 Å². The van der Waals surface area contributed by atoms with Gasteiger partial charge < -0.3 is 5.11 Å². The molecule has 1 rings (SSSR count). The number of thioether (sulfide) groups is 1. The summed E-state index contributed by atoms with van der Waals surface area (Å²) in [4.78, 5) is 10.6. The molecule has 3 nitrogen and oxygen atoms in total. The summed E-state index contributed by atoms with van der Waals surface area (Å²) in [5.74, 6) is -0.00273. The first-order chi connectivity index (χ1) is 6.24. The van der Waals surface area contributed by atoms with Gasteiger partial charge in [0.15, 0.2) is 0 Å². The van der Waals surface area contributed by atoms with Gasteiger partial charge in [0.2, 0.25) is 0 Å². The van der Waals surface area contributed by atoms with Crippen molar-refractivity contribution in [3.63, 3.8) is 0 Å². The molecular formula is C9H17NO2S. The van der Waals surface area contributed by atoms with Crippen LogP contribution in [0.3, 0.4) is 0 Å². The van der Waals surface area contributed by atoms with Gasteiger partial charge in [-0.2, -0.15) is 0 Å². The lowest BCUT2D eigenvalue weighted by molar-refractivity contribution is -0.138. The van der Waals surface area contributed by atoms with E-state index in [9.17, 15) is 4.79 Å². The molecule has 1 aliphatic rings. The molecule has 0 amide bonds. The third-order valence-corrected chi connectivity index (χ3v) is 3.52. The average Bonchev–Trinajstić information content (AvgIpc) is 2.53. The summed E-state index contributed by atoms with van der Waals surface area (Å²) in [6.45, 7) is 2.18. The highest BCUT2D eigenvalue weighted by atomic mass is 32.2. The lowest BCUT2D eigenvalue weighted by Crippen LogP contribution is -2.36. The van der Waals surface area contributed by atoms with Crippen molar-refractivity contribution in [2.45, 2.75) is 44.0 Å². The first-order valence-corrected chi connectivity index (χ1v) is 5.89. The highest BCUT2D eigenvalue weighted by molar-refractivity contribution is 8.00. The molecule has 0 bridgehead atoms. The number of nitrogens with one attached hydrogen (secondary N) is 1. The van der Waals surface area contributed by atoms with Crippen LogP contribution in [0, 0.1) is 0 Å². The maximum Gasteiger partial charge on any atom is 0.321 e. The van der Waals surface area contributed by atoms with Crippen molar-refractivity contribution in [1.29, 1.82) is 0 Å². The van der Waals surface area contributed by atoms with Crippen molar-refractivity contribution in [3.8, 4) is 0 Å². The fourth-order valence-corrected chi connectivity index (χ4v) is 2.68. The Labute approximate surface area is 83.3 Å². The number of carboxylic acids is 1. The van der Waals surface area contributed by atoms with E-state index in [1.165, 1.54) is 19.3 Å². The second-order valence-electron chi connectivity index (χ2n) is 3.38. The Morgan fingerprint density at radius 1 is 1.62 bits per heavy atom. The van der Waals surface area contributed by atoms with Gasteiger partial charge in [-0.25, -0.2) is 0 Å². The molecule has 0 aliphatic carbocycles. The summed E-state index contributed by atoms with van der Waals surface area (Å²) < 4.78 is 0. The van der Waals surface area contributed by atoms with Crippen LogP contribution in [0.15, 0.2) is 0 Å². The lowest BCUT2D eigenvalue weighted by atomic mass is 10.2. The van der Waals surface area contributed by atoms with Gasteiger partial charge in [0.05, 0.1) is 5.37 Å². The van der Waals surface area contributed by atoms with Gasteiger partial charge in [-0.05, 0) is 6.42 Å². The molecule has 1 aliphatic heterocycles. The number of carboxylic acid groups (broad SMARTS) is 1. The Bertz CT molecular complexity index is 175. The first-order valence-electron chi connectivity index (χ1n) is 4.84. The largest absolute Gasteiger partial charge is 0.480 e. The Morgan fingerprint density at radius 2 is 2.38 bits per heavy atom. The highest BCUT2D eigenvalue weighted by Crippen LogP contribution is 2.23. The molecule has 13 heavy (non-hydrogen) atoms. The number of carbonyl (C=O) groups is 1. The van der Waals surface area contributed by atoms with E-state index in [1.54, 1.807) is 11.8 Å². The molecule has 2 atom stereocenters. The monoisotopic (exact) mass is 203 g/mol. The normalized spacial score (nSPS) is 27.8. The summed E-state index contributed by atoms with van der Waals surface area (Å²) in [5.41, 5.74) is 0. The summed E-state index contributed by atoms with van der Waals surface area (Å²) >= 11 is 1.74. The molecular weight excluding hydrogens is 186 g/mol. The molecule has 2 N–H and O–H groups in total. The fourth-order valence-electron chi connectivity index (χ4n) is 1.42. The topological polar surface area (TPSA) is 49.3 Å². The molecule has 0 unspecified atom stereocenters. The zero-order chi connectivity index (χ0) is 9.68. The maximum atomic E-state index is 10.6. The number of rotatable bonds is 5. The Hall–Kier alpha value is -0.220. The van der Waals surface area contributed by atoms with Crippen LogP contribution in [0.1, 0.15) is 32.6 Å². The standard InChI is InChI=1S/C9H17NO2S/c1-2-3-4-5-8-10-7(6-13-8)9(11)12/h7-8,10H,2-6H2,1H3,(H,11,12)/t7-,8+/m1/s1. The molecule has 0 saturated carbocycles. The van der Waals surface area contributed by atoms with Crippen molar-refractivity contribution in [2.24, 2.45) is 0 Å². The minimum atomic E-state index is -0.717. The smallest absolute Gasteiger partial charge is 0.321 e. The van der Waals surface area contributed by atoms with E-state index in [-0.39, 0.29) is 6.04 Å². The zero-order valence-electron chi connectivity index (χ0n) is 7.95. The molecule has 0 aromatic rings. The van der Waals surface area contributed by atoms with Crippen molar-refractivity contribution in [3.05, 3.63) is 0 Å². The maximum absolute atomic E-state index is 10.6. The van der Waals surface area contributed by atoms with Crippen molar-refractivity contribution < 1.29 is 9.90 Å². The van der Waals surface area contributed by atoms with Gasteiger partial charge in [-0.15, -0.1) is 11.8 Å². The Kier molecular flexibility index (Phi) is 4.59. The molecule has 0 aromatic carbocycles. The van der Waals surface area contributed by atoms with Crippen molar-refractivity contribution in [1.82, 2.24) is 5.32 Å². The quantitative estimate of drug-likeness (QED) is 0.667. The molecule has 1 fully saturated rings. The molecule has 0 spiro atoms. The summed E-state index contributed by atoms with van der Waals surface area (Å²) in [7, 11) is 0. The van der Waals surface area contributed by atoms with Gasteiger partial charge in [0.1, 0.15) is 6.04 Å². The van der Waals surface area contributed by atoms with Gasteiger partial charge >= 0.3 is 5.97 Å². The fraction of sp³-hybridized carbons (Fsp3) is 0.889. The SMILES string of the molecule is CCCCC[C@H]1N[C@@H](C(=O)O)CS1. The Balaban J connectivity index is 2.14. The summed E-state index contributed by atoms with van der Waals surface area (Å²) in [5, 5.41) is 12.2. The molecule has 1 saturated heterocycles. The van der Waals surface area contributed by atoms with E-state index in [2.05, 4.69) is 12.2 Å². The van der Waals surface area contributed by atoms with E-state index < -0.39 is 5.97 Å². The van der Waals surface area contributed by atoms with Gasteiger partial charge in [-0.1, -0.05) is 26.2 Å². The number of aliphatic carboxylic acids is 1. The van der Waals surface area contributed by atoms with Crippen LogP contribution in [0.25, 0.3) is 0 Å². The molecule has 76 valence electrons. The van der Waals surface area contributed by atoms with E-state index in [4.69, 9.17) is 5.11 Å². The van der Waals surface area contributed by atoms with Crippen LogP contribution >= 0.6 is 11.8 Å². The zero-order valence-corrected chi connectivity index (χ0v) is 8.77. The van der Waals surface area contributed by atoms with E-state index in [0.717, 1.165) is 6.42 Å². The number of unbranched alkanes of at least 4 members (excludes halogenated alkanes) is 2. The predicted molar refractivity (Wildman–Crippen MR) is 54.9 cm³/mol. The van der Waals surface area contributed by atoms with Crippen molar-refractivity contribution in [2.75, 3.05) is 5.75 Å². The molecule has 4 heteroatoms. The van der Waals surface area contributed by atoms with Crippen LogP contribution < -0.4 is 5.32 Å². The van der Waals surface area contributed by atoms with Gasteiger partial charge in [0.25, 0.3) is 0 Å². The average molecular weight is 203 g/mol. The van der Waals surface area contributed by atoms with Crippen LogP contribution in [-0.2, 0) is 4.79 Å². The van der Waals surface area contributed by atoms with E-state index >= 15 is 0 Å². The van der Waals surface area contributed by atoms with E-state index in [1.807, 2.05) is 0 Å². The summed E-state index contributed by atoms with van der Waals surface area (Å²) in [6.07, 6.45) is 4.77. The third-order valence-electron chi connectivity index (χ3n) is 2.22.